The predicted octanol–water partition coefficient (Wildman–Crippen LogP) is 2.72. The van der Waals surface area contributed by atoms with Gasteiger partial charge in [0.2, 0.25) is 0 Å². The van der Waals surface area contributed by atoms with Crippen LogP contribution in [0.15, 0.2) is 30.3 Å². The van der Waals surface area contributed by atoms with Gasteiger partial charge in [-0.2, -0.15) is 5.10 Å². The molecular formula is C14H18N4O2. The molecule has 1 heterocycles. The molecule has 0 atom stereocenters. The summed E-state index contributed by atoms with van der Waals surface area (Å²) < 4.78 is 1.64. The summed E-state index contributed by atoms with van der Waals surface area (Å²) in [6, 6.07) is 7.79. The molecule has 0 aliphatic heterocycles. The minimum absolute atomic E-state index is 0.159. The Bertz CT molecular complexity index is 590. The van der Waals surface area contributed by atoms with Crippen molar-refractivity contribution in [2.75, 3.05) is 10.6 Å². The first-order valence-electron chi connectivity index (χ1n) is 6.48. The Morgan fingerprint density at radius 2 is 2.00 bits per heavy atom. The molecule has 0 aliphatic rings. The van der Waals surface area contributed by atoms with Crippen LogP contribution in [0.3, 0.4) is 0 Å². The van der Waals surface area contributed by atoms with Gasteiger partial charge in [-0.3, -0.25) is 10.00 Å². The first-order valence-corrected chi connectivity index (χ1v) is 6.48. The number of aromatic hydroxyl groups is 1. The number of carbonyl (C=O) groups is 1. The molecule has 0 fully saturated rings. The fraction of sp³-hybridized carbons (Fsp3) is 0.286. The molecule has 0 radical (unpaired) electrons. The minimum Gasteiger partial charge on any atom is -0.508 e. The lowest BCUT2D eigenvalue weighted by molar-refractivity contribution is 0.262. The van der Waals surface area contributed by atoms with Crippen molar-refractivity contribution < 1.29 is 9.90 Å². The first-order chi connectivity index (χ1) is 9.58. The van der Waals surface area contributed by atoms with Gasteiger partial charge in [0.1, 0.15) is 11.6 Å². The lowest BCUT2D eigenvalue weighted by atomic mass is 10.2. The molecule has 1 aromatic heterocycles. The molecule has 2 aromatic rings. The highest BCUT2D eigenvalue weighted by atomic mass is 16.3. The lowest BCUT2D eigenvalue weighted by Crippen LogP contribution is -2.20. The Kier molecular flexibility index (Phi) is 4.24. The number of phenolic OH excluding ortho intramolecular Hbond substituents is 1. The van der Waals surface area contributed by atoms with Gasteiger partial charge in [0, 0.05) is 18.8 Å². The zero-order valence-corrected chi connectivity index (χ0v) is 11.6. The standard InChI is InChI=1S/C14H18N4O2/c1-3-4-11-9-13(18(2)17-11)16-14(20)15-10-5-7-12(19)8-6-10/h5-9,19H,3-4H2,1-2H3,(H2,15,16,20). The smallest absolute Gasteiger partial charge is 0.324 e. The maximum atomic E-state index is 11.9. The lowest BCUT2D eigenvalue weighted by Gasteiger charge is -2.07. The van der Waals surface area contributed by atoms with Crippen LogP contribution in [0.2, 0.25) is 0 Å². The van der Waals surface area contributed by atoms with Crippen LogP contribution in [0.5, 0.6) is 5.75 Å². The number of urea groups is 1. The molecule has 0 spiro atoms. The van der Waals surface area contributed by atoms with Gasteiger partial charge < -0.3 is 10.4 Å². The van der Waals surface area contributed by atoms with Gasteiger partial charge in [-0.25, -0.2) is 4.79 Å². The molecule has 20 heavy (non-hydrogen) atoms. The summed E-state index contributed by atoms with van der Waals surface area (Å²) in [5.74, 6) is 0.802. The van der Waals surface area contributed by atoms with Gasteiger partial charge in [-0.05, 0) is 30.7 Å². The highest BCUT2D eigenvalue weighted by Crippen LogP contribution is 2.15. The second-order valence-electron chi connectivity index (χ2n) is 4.52. The van der Waals surface area contributed by atoms with E-state index < -0.39 is 0 Å². The van der Waals surface area contributed by atoms with E-state index in [2.05, 4.69) is 22.7 Å². The van der Waals surface area contributed by atoms with Crippen LogP contribution >= 0.6 is 0 Å². The molecule has 3 N–H and O–H groups in total. The van der Waals surface area contributed by atoms with Gasteiger partial charge >= 0.3 is 6.03 Å². The van der Waals surface area contributed by atoms with Crippen LogP contribution < -0.4 is 10.6 Å². The van der Waals surface area contributed by atoms with Crippen LogP contribution in [-0.4, -0.2) is 20.9 Å². The molecule has 2 amide bonds. The molecule has 106 valence electrons. The van der Waals surface area contributed by atoms with Gasteiger partial charge in [0.05, 0.1) is 5.69 Å². The fourth-order valence-electron chi connectivity index (χ4n) is 1.85. The number of anilines is 2. The molecule has 2 rings (SSSR count). The van der Waals surface area contributed by atoms with Gasteiger partial charge in [0.15, 0.2) is 0 Å². The third-order valence-corrected chi connectivity index (χ3v) is 2.80. The molecule has 1 aromatic carbocycles. The van der Waals surface area contributed by atoms with E-state index in [0.717, 1.165) is 18.5 Å². The normalized spacial score (nSPS) is 10.3. The van der Waals surface area contributed by atoms with Crippen molar-refractivity contribution in [1.29, 1.82) is 0 Å². The molecule has 0 saturated carbocycles. The number of rotatable bonds is 4. The summed E-state index contributed by atoms with van der Waals surface area (Å²) in [5, 5.41) is 18.9. The van der Waals surface area contributed by atoms with E-state index in [9.17, 15) is 9.90 Å². The SMILES string of the molecule is CCCc1cc(NC(=O)Nc2ccc(O)cc2)n(C)n1. The van der Waals surface area contributed by atoms with Crippen molar-refractivity contribution in [2.24, 2.45) is 7.05 Å². The molecule has 0 aliphatic carbocycles. The summed E-state index contributed by atoms with van der Waals surface area (Å²) in [6.07, 6.45) is 1.89. The van der Waals surface area contributed by atoms with Crippen LogP contribution in [0.25, 0.3) is 0 Å². The summed E-state index contributed by atoms with van der Waals surface area (Å²) in [7, 11) is 1.79. The number of aryl methyl sites for hydroxylation is 2. The van der Waals surface area contributed by atoms with Gasteiger partial charge in [0.25, 0.3) is 0 Å². The van der Waals surface area contributed by atoms with E-state index >= 15 is 0 Å². The Labute approximate surface area is 117 Å². The largest absolute Gasteiger partial charge is 0.508 e. The number of nitrogens with one attached hydrogen (secondary N) is 2. The summed E-state index contributed by atoms with van der Waals surface area (Å²) >= 11 is 0. The minimum atomic E-state index is -0.346. The predicted molar refractivity (Wildman–Crippen MR) is 78.0 cm³/mol. The second-order valence-corrected chi connectivity index (χ2v) is 4.52. The number of nitrogens with zero attached hydrogens (tertiary/aromatic N) is 2. The second kappa shape index (κ2) is 6.10. The number of carbonyl (C=O) groups excluding carboxylic acids is 1. The topological polar surface area (TPSA) is 79.2 Å². The Balaban J connectivity index is 1.99. The zero-order chi connectivity index (χ0) is 14.5. The average Bonchev–Trinajstić information content (AvgIpc) is 2.73. The van der Waals surface area contributed by atoms with Crippen LogP contribution in [0.1, 0.15) is 19.0 Å². The number of phenols is 1. The van der Waals surface area contributed by atoms with E-state index in [1.165, 1.54) is 12.1 Å². The van der Waals surface area contributed by atoms with Crippen molar-refractivity contribution in [3.8, 4) is 5.75 Å². The number of benzene rings is 1. The van der Waals surface area contributed by atoms with E-state index in [-0.39, 0.29) is 11.8 Å². The highest BCUT2D eigenvalue weighted by molar-refractivity contribution is 5.99. The van der Waals surface area contributed by atoms with Gasteiger partial charge in [-0.15, -0.1) is 0 Å². The third kappa shape index (κ3) is 3.50. The Morgan fingerprint density at radius 1 is 1.30 bits per heavy atom. The van der Waals surface area contributed by atoms with E-state index in [1.807, 2.05) is 6.07 Å². The molecule has 0 unspecified atom stereocenters. The molecule has 6 nitrogen and oxygen atoms in total. The first kappa shape index (κ1) is 13.9. The van der Waals surface area contributed by atoms with E-state index in [4.69, 9.17) is 0 Å². The van der Waals surface area contributed by atoms with Gasteiger partial charge in [-0.1, -0.05) is 13.3 Å². The number of hydrogen-bond donors (Lipinski definition) is 3. The van der Waals surface area contributed by atoms with Crippen molar-refractivity contribution in [3.05, 3.63) is 36.0 Å². The molecule has 0 saturated heterocycles. The van der Waals surface area contributed by atoms with E-state index in [0.29, 0.717) is 11.5 Å². The Hall–Kier alpha value is -2.50. The van der Waals surface area contributed by atoms with E-state index in [1.54, 1.807) is 23.9 Å². The molecular weight excluding hydrogens is 256 g/mol. The summed E-state index contributed by atoms with van der Waals surface area (Å²) in [6.45, 7) is 2.08. The number of amides is 2. The maximum absolute atomic E-state index is 11.9. The third-order valence-electron chi connectivity index (χ3n) is 2.80. The fourth-order valence-corrected chi connectivity index (χ4v) is 1.85. The maximum Gasteiger partial charge on any atom is 0.324 e. The number of hydrogen-bond acceptors (Lipinski definition) is 3. The highest BCUT2D eigenvalue weighted by Gasteiger charge is 2.08. The monoisotopic (exact) mass is 274 g/mol. The van der Waals surface area contributed by atoms with Crippen LogP contribution in [0.4, 0.5) is 16.3 Å². The Morgan fingerprint density at radius 3 is 2.65 bits per heavy atom. The van der Waals surface area contributed by atoms with Crippen LogP contribution in [-0.2, 0) is 13.5 Å². The summed E-state index contributed by atoms with van der Waals surface area (Å²) in [5.41, 5.74) is 1.56. The summed E-state index contributed by atoms with van der Waals surface area (Å²) in [4.78, 5) is 11.9. The van der Waals surface area contributed by atoms with Crippen LogP contribution in [0, 0.1) is 0 Å². The van der Waals surface area contributed by atoms with Crippen molar-refractivity contribution >= 4 is 17.5 Å². The average molecular weight is 274 g/mol. The number of aromatic nitrogens is 2. The molecule has 6 heteroatoms. The van der Waals surface area contributed by atoms with Crippen molar-refractivity contribution in [3.63, 3.8) is 0 Å². The van der Waals surface area contributed by atoms with Crippen molar-refractivity contribution in [1.82, 2.24) is 9.78 Å². The quantitative estimate of drug-likeness (QED) is 0.750. The zero-order valence-electron chi connectivity index (χ0n) is 11.6. The molecule has 0 bridgehead atoms. The van der Waals surface area contributed by atoms with Crippen molar-refractivity contribution in [2.45, 2.75) is 19.8 Å².